The summed E-state index contributed by atoms with van der Waals surface area (Å²) >= 11 is 11.9. The van der Waals surface area contributed by atoms with Crippen molar-refractivity contribution in [3.8, 4) is 5.75 Å². The number of rotatable bonds is 5. The van der Waals surface area contributed by atoms with Gasteiger partial charge < -0.3 is 15.4 Å². The van der Waals surface area contributed by atoms with Crippen LogP contribution >= 0.6 is 23.2 Å². The van der Waals surface area contributed by atoms with Crippen LogP contribution in [0.25, 0.3) is 0 Å². The minimum atomic E-state index is -0.251. The van der Waals surface area contributed by atoms with Gasteiger partial charge in [0.25, 0.3) is 5.91 Å². The number of hydrogen-bond acceptors (Lipinski definition) is 4. The Morgan fingerprint density at radius 1 is 1.00 bits per heavy atom. The lowest BCUT2D eigenvalue weighted by Gasteiger charge is -2.09. The number of nitrogens with zero attached hydrogens (tertiary/aromatic N) is 1. The van der Waals surface area contributed by atoms with E-state index >= 15 is 0 Å². The molecule has 0 radical (unpaired) electrons. The Labute approximate surface area is 160 Å². The molecule has 0 aliphatic carbocycles. The first-order valence-corrected chi connectivity index (χ1v) is 8.44. The summed E-state index contributed by atoms with van der Waals surface area (Å²) in [6.45, 7) is 0. The zero-order chi connectivity index (χ0) is 18.5. The van der Waals surface area contributed by atoms with Gasteiger partial charge in [-0.3, -0.25) is 4.79 Å². The summed E-state index contributed by atoms with van der Waals surface area (Å²) < 4.78 is 5.12. The van der Waals surface area contributed by atoms with Crippen LogP contribution in [-0.2, 0) is 0 Å². The number of ether oxygens (including phenoxy) is 1. The van der Waals surface area contributed by atoms with E-state index in [4.69, 9.17) is 27.9 Å². The number of anilines is 3. The van der Waals surface area contributed by atoms with Crippen LogP contribution in [0.3, 0.4) is 0 Å². The molecule has 0 aliphatic rings. The molecule has 26 heavy (non-hydrogen) atoms. The number of aromatic nitrogens is 1. The van der Waals surface area contributed by atoms with Crippen LogP contribution in [0.2, 0.25) is 10.0 Å². The van der Waals surface area contributed by atoms with Crippen LogP contribution in [0.4, 0.5) is 17.2 Å². The Morgan fingerprint density at radius 2 is 1.73 bits per heavy atom. The molecule has 7 heteroatoms. The highest BCUT2D eigenvalue weighted by atomic mass is 35.5. The average molecular weight is 388 g/mol. The van der Waals surface area contributed by atoms with Gasteiger partial charge in [0.05, 0.1) is 17.7 Å². The first-order valence-electron chi connectivity index (χ1n) is 7.69. The zero-order valence-corrected chi connectivity index (χ0v) is 15.3. The highest BCUT2D eigenvalue weighted by Gasteiger charge is 2.08. The third kappa shape index (κ3) is 4.45. The molecule has 3 rings (SSSR count). The van der Waals surface area contributed by atoms with Crippen molar-refractivity contribution in [3.63, 3.8) is 0 Å². The number of hydrogen-bond donors (Lipinski definition) is 2. The standard InChI is InChI=1S/C19H15Cl2N3O2/c1-26-17-8-7-15(10-16(17)21)23-18-9-2-12(11-22-18)19(25)24-14-5-3-13(20)4-6-14/h2-11H,1H3,(H,22,23)(H,24,25). The van der Waals surface area contributed by atoms with Crippen LogP contribution in [-0.4, -0.2) is 18.0 Å². The van der Waals surface area contributed by atoms with E-state index in [1.54, 1.807) is 55.6 Å². The van der Waals surface area contributed by atoms with Crippen LogP contribution in [0.15, 0.2) is 60.8 Å². The maximum Gasteiger partial charge on any atom is 0.257 e. The number of benzene rings is 2. The largest absolute Gasteiger partial charge is 0.495 e. The van der Waals surface area contributed by atoms with Crippen LogP contribution in [0.1, 0.15) is 10.4 Å². The van der Waals surface area contributed by atoms with E-state index in [2.05, 4.69) is 15.6 Å². The van der Waals surface area contributed by atoms with E-state index in [1.807, 2.05) is 6.07 Å². The minimum absolute atomic E-state index is 0.251. The molecular weight excluding hydrogens is 373 g/mol. The number of halogens is 2. The van der Waals surface area contributed by atoms with Gasteiger partial charge in [0.1, 0.15) is 11.6 Å². The van der Waals surface area contributed by atoms with Crippen molar-refractivity contribution in [1.82, 2.24) is 4.98 Å². The molecule has 2 aromatic carbocycles. The normalized spacial score (nSPS) is 10.3. The molecule has 1 amide bonds. The molecule has 0 fully saturated rings. The third-order valence-corrected chi connectivity index (χ3v) is 4.10. The van der Waals surface area contributed by atoms with Crippen molar-refractivity contribution < 1.29 is 9.53 Å². The van der Waals surface area contributed by atoms with Gasteiger partial charge in [-0.05, 0) is 54.6 Å². The maximum atomic E-state index is 12.2. The molecule has 1 heterocycles. The van der Waals surface area contributed by atoms with E-state index < -0.39 is 0 Å². The molecule has 3 aromatic rings. The average Bonchev–Trinajstić information content (AvgIpc) is 2.64. The van der Waals surface area contributed by atoms with E-state index in [0.29, 0.717) is 32.9 Å². The molecular formula is C19H15Cl2N3O2. The van der Waals surface area contributed by atoms with Gasteiger partial charge >= 0.3 is 0 Å². The lowest BCUT2D eigenvalue weighted by molar-refractivity contribution is 0.102. The predicted octanol–water partition coefficient (Wildman–Crippen LogP) is 5.39. The van der Waals surface area contributed by atoms with Crippen molar-refractivity contribution in [3.05, 3.63) is 76.4 Å². The number of nitrogens with one attached hydrogen (secondary N) is 2. The summed E-state index contributed by atoms with van der Waals surface area (Å²) in [5.41, 5.74) is 1.87. The van der Waals surface area contributed by atoms with Gasteiger partial charge in [-0.25, -0.2) is 4.98 Å². The van der Waals surface area contributed by atoms with Gasteiger partial charge in [-0.2, -0.15) is 0 Å². The van der Waals surface area contributed by atoms with E-state index in [9.17, 15) is 4.79 Å². The Hall–Kier alpha value is -2.76. The highest BCUT2D eigenvalue weighted by molar-refractivity contribution is 6.32. The second kappa shape index (κ2) is 8.08. The number of carbonyl (C=O) groups is 1. The lowest BCUT2D eigenvalue weighted by atomic mass is 10.2. The topological polar surface area (TPSA) is 63.2 Å². The van der Waals surface area contributed by atoms with E-state index in [-0.39, 0.29) is 5.91 Å². The van der Waals surface area contributed by atoms with Gasteiger partial charge in [0.2, 0.25) is 0 Å². The number of pyridine rings is 1. The quantitative estimate of drug-likeness (QED) is 0.615. The smallest absolute Gasteiger partial charge is 0.257 e. The Morgan fingerprint density at radius 3 is 2.35 bits per heavy atom. The van der Waals surface area contributed by atoms with Crippen LogP contribution in [0.5, 0.6) is 5.75 Å². The second-order valence-electron chi connectivity index (χ2n) is 5.37. The lowest BCUT2D eigenvalue weighted by Crippen LogP contribution is -2.12. The molecule has 0 unspecified atom stereocenters. The summed E-state index contributed by atoms with van der Waals surface area (Å²) in [6.07, 6.45) is 1.50. The van der Waals surface area contributed by atoms with Crippen molar-refractivity contribution in [2.75, 3.05) is 17.7 Å². The van der Waals surface area contributed by atoms with Gasteiger partial charge in [0, 0.05) is 22.6 Å². The minimum Gasteiger partial charge on any atom is -0.495 e. The number of carbonyl (C=O) groups excluding carboxylic acids is 1. The summed E-state index contributed by atoms with van der Waals surface area (Å²) in [7, 11) is 1.56. The summed E-state index contributed by atoms with van der Waals surface area (Å²) in [5, 5.41) is 7.01. The fraction of sp³-hybridized carbons (Fsp3) is 0.0526. The first kappa shape index (κ1) is 18.0. The number of amides is 1. The van der Waals surface area contributed by atoms with E-state index in [1.165, 1.54) is 6.20 Å². The molecule has 0 saturated carbocycles. The fourth-order valence-corrected chi connectivity index (χ4v) is 2.61. The summed E-state index contributed by atoms with van der Waals surface area (Å²) in [4.78, 5) is 16.5. The second-order valence-corrected chi connectivity index (χ2v) is 6.21. The summed E-state index contributed by atoms with van der Waals surface area (Å²) in [6, 6.07) is 15.6. The van der Waals surface area contributed by atoms with Crippen molar-refractivity contribution in [2.24, 2.45) is 0 Å². The molecule has 0 spiro atoms. The Kier molecular flexibility index (Phi) is 5.61. The molecule has 132 valence electrons. The third-order valence-electron chi connectivity index (χ3n) is 3.55. The fourth-order valence-electron chi connectivity index (χ4n) is 2.23. The van der Waals surface area contributed by atoms with Crippen molar-refractivity contribution in [2.45, 2.75) is 0 Å². The maximum absolute atomic E-state index is 12.2. The molecule has 5 nitrogen and oxygen atoms in total. The monoisotopic (exact) mass is 387 g/mol. The highest BCUT2D eigenvalue weighted by Crippen LogP contribution is 2.28. The number of methoxy groups -OCH3 is 1. The predicted molar refractivity (Wildman–Crippen MR) is 105 cm³/mol. The van der Waals surface area contributed by atoms with Crippen molar-refractivity contribution >= 4 is 46.3 Å². The van der Waals surface area contributed by atoms with Gasteiger partial charge in [0.15, 0.2) is 0 Å². The molecule has 0 atom stereocenters. The molecule has 0 bridgehead atoms. The van der Waals surface area contributed by atoms with Crippen molar-refractivity contribution in [1.29, 1.82) is 0 Å². The SMILES string of the molecule is COc1ccc(Nc2ccc(C(=O)Nc3ccc(Cl)cc3)cn2)cc1Cl. The van der Waals surface area contributed by atoms with Gasteiger partial charge in [-0.15, -0.1) is 0 Å². The Bertz CT molecular complexity index is 913. The molecule has 0 aliphatic heterocycles. The van der Waals surface area contributed by atoms with E-state index in [0.717, 1.165) is 5.69 Å². The van der Waals surface area contributed by atoms with Crippen LogP contribution < -0.4 is 15.4 Å². The zero-order valence-electron chi connectivity index (χ0n) is 13.8. The molecule has 0 saturated heterocycles. The molecule has 2 N–H and O–H groups in total. The first-order chi connectivity index (χ1) is 12.5. The summed E-state index contributed by atoms with van der Waals surface area (Å²) in [5.74, 6) is 0.938. The Balaban J connectivity index is 1.67. The van der Waals surface area contributed by atoms with Gasteiger partial charge in [-0.1, -0.05) is 23.2 Å². The molecule has 1 aromatic heterocycles. The van der Waals surface area contributed by atoms with Crippen LogP contribution in [0, 0.1) is 0 Å².